The number of rotatable bonds is 6. The van der Waals surface area contributed by atoms with Crippen molar-refractivity contribution >= 4 is 27.3 Å². The summed E-state index contributed by atoms with van der Waals surface area (Å²) in [5, 5.41) is 2.05. The Kier molecular flexibility index (Phi) is 5.31. The smallest absolute Gasteiger partial charge is 0.268 e. The second-order valence-corrected chi connectivity index (χ2v) is 6.92. The molecule has 0 atom stereocenters. The first kappa shape index (κ1) is 16.0. The number of aromatic nitrogens is 1. The van der Waals surface area contributed by atoms with Crippen LogP contribution >= 0.6 is 27.3 Å². The zero-order chi connectivity index (χ0) is 16.1. The second-order valence-electron chi connectivity index (χ2n) is 5.10. The van der Waals surface area contributed by atoms with Gasteiger partial charge in [-0.05, 0) is 45.4 Å². The molecule has 0 spiro atoms. The number of hydrogen-bond donors (Lipinski definition) is 0. The maximum absolute atomic E-state index is 12.4. The van der Waals surface area contributed by atoms with Crippen molar-refractivity contribution in [2.45, 2.75) is 19.6 Å². The van der Waals surface area contributed by atoms with E-state index < -0.39 is 0 Å². The quantitative estimate of drug-likeness (QED) is 0.621. The van der Waals surface area contributed by atoms with E-state index in [0.29, 0.717) is 23.4 Å². The van der Waals surface area contributed by atoms with E-state index in [1.807, 2.05) is 42.5 Å². The molecule has 0 aliphatic rings. The molecule has 3 aromatic rings. The van der Waals surface area contributed by atoms with E-state index in [0.717, 1.165) is 12.0 Å². The Labute approximate surface area is 147 Å². The van der Waals surface area contributed by atoms with Gasteiger partial charge in [0.15, 0.2) is 0 Å². The minimum Gasteiger partial charge on any atom is -0.487 e. The number of nitrogens with zero attached hydrogens (tertiary/aromatic N) is 1. The molecule has 0 amide bonds. The Balaban J connectivity index is 1.68. The number of ether oxygens (including phenoxy) is 1. The predicted octanol–water partition coefficient (Wildman–Crippen LogP) is 4.49. The zero-order valence-electron chi connectivity index (χ0n) is 12.4. The van der Waals surface area contributed by atoms with Gasteiger partial charge in [-0.2, -0.15) is 0 Å². The van der Waals surface area contributed by atoms with Gasteiger partial charge < -0.3 is 9.30 Å². The average Bonchev–Trinajstić information content (AvgIpc) is 3.10. The maximum Gasteiger partial charge on any atom is 0.268 e. The number of thiophene rings is 1. The molecule has 5 heteroatoms. The summed E-state index contributed by atoms with van der Waals surface area (Å²) in [6.07, 6.45) is 2.65. The van der Waals surface area contributed by atoms with E-state index in [1.165, 1.54) is 4.88 Å². The van der Waals surface area contributed by atoms with Crippen LogP contribution in [0.5, 0.6) is 5.75 Å². The largest absolute Gasteiger partial charge is 0.487 e. The monoisotopic (exact) mass is 389 g/mol. The SMILES string of the molecule is O=c1c(Br)c(OCc2ccccc2)ccn1CCc1cccs1. The lowest BCUT2D eigenvalue weighted by atomic mass is 10.2. The Hall–Kier alpha value is -1.85. The molecular weight excluding hydrogens is 374 g/mol. The highest BCUT2D eigenvalue weighted by Crippen LogP contribution is 2.21. The molecule has 0 N–H and O–H groups in total. The molecule has 0 aliphatic heterocycles. The van der Waals surface area contributed by atoms with Gasteiger partial charge in [0.1, 0.15) is 16.8 Å². The van der Waals surface area contributed by atoms with Gasteiger partial charge in [0.25, 0.3) is 5.56 Å². The Bertz CT molecular complexity index is 813. The molecule has 3 rings (SSSR count). The third-order valence-electron chi connectivity index (χ3n) is 3.49. The minimum atomic E-state index is -0.0629. The maximum atomic E-state index is 12.4. The molecule has 118 valence electrons. The van der Waals surface area contributed by atoms with Crippen molar-refractivity contribution in [2.24, 2.45) is 0 Å². The first-order valence-corrected chi connectivity index (χ1v) is 8.99. The molecule has 3 nitrogen and oxygen atoms in total. The van der Waals surface area contributed by atoms with Crippen LogP contribution in [0.25, 0.3) is 0 Å². The molecule has 0 fully saturated rings. The third-order valence-corrected chi connectivity index (χ3v) is 5.15. The van der Waals surface area contributed by atoms with Gasteiger partial charge in [-0.15, -0.1) is 11.3 Å². The van der Waals surface area contributed by atoms with Gasteiger partial charge in [0.05, 0.1) is 0 Å². The van der Waals surface area contributed by atoms with Crippen LogP contribution in [0, 0.1) is 0 Å². The minimum absolute atomic E-state index is 0.0629. The normalized spacial score (nSPS) is 10.7. The summed E-state index contributed by atoms with van der Waals surface area (Å²) in [6, 6.07) is 15.8. The highest BCUT2D eigenvalue weighted by atomic mass is 79.9. The topological polar surface area (TPSA) is 31.2 Å². The van der Waals surface area contributed by atoms with Crippen LogP contribution in [0.1, 0.15) is 10.4 Å². The average molecular weight is 390 g/mol. The van der Waals surface area contributed by atoms with E-state index in [-0.39, 0.29) is 5.56 Å². The summed E-state index contributed by atoms with van der Waals surface area (Å²) in [4.78, 5) is 13.7. The molecule has 0 saturated carbocycles. The molecule has 2 heterocycles. The standard InChI is InChI=1S/C18H16BrNO2S/c19-17-16(22-13-14-5-2-1-3-6-14)9-11-20(18(17)21)10-8-15-7-4-12-23-15/h1-7,9,11-12H,8,10,13H2. The molecular formula is C18H16BrNO2S. The second kappa shape index (κ2) is 7.62. The lowest BCUT2D eigenvalue weighted by Crippen LogP contribution is -2.21. The summed E-state index contributed by atoms with van der Waals surface area (Å²) >= 11 is 5.08. The van der Waals surface area contributed by atoms with Crippen LogP contribution in [0.3, 0.4) is 0 Å². The van der Waals surface area contributed by atoms with Crippen LogP contribution in [-0.4, -0.2) is 4.57 Å². The van der Waals surface area contributed by atoms with E-state index >= 15 is 0 Å². The van der Waals surface area contributed by atoms with Crippen molar-refractivity contribution in [3.8, 4) is 5.75 Å². The first-order chi connectivity index (χ1) is 11.2. The predicted molar refractivity (Wildman–Crippen MR) is 97.2 cm³/mol. The van der Waals surface area contributed by atoms with Crippen molar-refractivity contribution in [1.29, 1.82) is 0 Å². The molecule has 0 radical (unpaired) electrons. The van der Waals surface area contributed by atoms with Crippen LogP contribution < -0.4 is 10.3 Å². The lowest BCUT2D eigenvalue weighted by Gasteiger charge is -2.11. The Morgan fingerprint density at radius 2 is 1.91 bits per heavy atom. The third kappa shape index (κ3) is 4.12. The van der Waals surface area contributed by atoms with Crippen LogP contribution in [0.15, 0.2) is 69.4 Å². The van der Waals surface area contributed by atoms with E-state index in [4.69, 9.17) is 4.74 Å². The number of hydrogen-bond acceptors (Lipinski definition) is 3. The summed E-state index contributed by atoms with van der Waals surface area (Å²) in [5.41, 5.74) is 1.01. The van der Waals surface area contributed by atoms with Crippen LogP contribution in [0.2, 0.25) is 0 Å². The summed E-state index contributed by atoms with van der Waals surface area (Å²) in [5.74, 6) is 0.575. The van der Waals surface area contributed by atoms with Crippen molar-refractivity contribution < 1.29 is 4.74 Å². The number of benzene rings is 1. The van der Waals surface area contributed by atoms with Gasteiger partial charge in [0, 0.05) is 17.6 Å². The summed E-state index contributed by atoms with van der Waals surface area (Å²) in [7, 11) is 0. The van der Waals surface area contributed by atoms with Gasteiger partial charge in [-0.1, -0.05) is 36.4 Å². The highest BCUT2D eigenvalue weighted by Gasteiger charge is 2.09. The van der Waals surface area contributed by atoms with E-state index in [1.54, 1.807) is 22.1 Å². The highest BCUT2D eigenvalue weighted by molar-refractivity contribution is 9.10. The Morgan fingerprint density at radius 1 is 1.09 bits per heavy atom. The van der Waals surface area contributed by atoms with Gasteiger partial charge >= 0.3 is 0 Å². The van der Waals surface area contributed by atoms with Gasteiger partial charge in [-0.25, -0.2) is 0 Å². The molecule has 0 aliphatic carbocycles. The fourth-order valence-corrected chi connectivity index (χ4v) is 3.41. The van der Waals surface area contributed by atoms with Crippen LogP contribution in [0.4, 0.5) is 0 Å². The molecule has 0 saturated heterocycles. The number of halogens is 1. The summed E-state index contributed by atoms with van der Waals surface area (Å²) in [6.45, 7) is 1.11. The fraction of sp³-hybridized carbons (Fsp3) is 0.167. The lowest BCUT2D eigenvalue weighted by molar-refractivity contribution is 0.302. The Morgan fingerprint density at radius 3 is 2.65 bits per heavy atom. The van der Waals surface area contributed by atoms with Crippen molar-refractivity contribution in [3.05, 3.63) is 85.4 Å². The zero-order valence-corrected chi connectivity index (χ0v) is 14.8. The fourth-order valence-electron chi connectivity index (χ4n) is 2.24. The molecule has 0 bridgehead atoms. The summed E-state index contributed by atoms with van der Waals surface area (Å²) < 4.78 is 7.93. The van der Waals surface area contributed by atoms with E-state index in [9.17, 15) is 4.79 Å². The molecule has 1 aromatic carbocycles. The molecule has 23 heavy (non-hydrogen) atoms. The number of pyridine rings is 1. The van der Waals surface area contributed by atoms with Crippen molar-refractivity contribution in [2.75, 3.05) is 0 Å². The van der Waals surface area contributed by atoms with Gasteiger partial charge in [-0.3, -0.25) is 4.79 Å². The molecule has 2 aromatic heterocycles. The van der Waals surface area contributed by atoms with Crippen LogP contribution in [-0.2, 0) is 19.6 Å². The number of aryl methyl sites for hydroxylation is 2. The van der Waals surface area contributed by atoms with Crippen molar-refractivity contribution in [3.63, 3.8) is 0 Å². The molecule has 0 unspecified atom stereocenters. The van der Waals surface area contributed by atoms with Gasteiger partial charge in [0.2, 0.25) is 0 Å². The first-order valence-electron chi connectivity index (χ1n) is 7.32. The van der Waals surface area contributed by atoms with E-state index in [2.05, 4.69) is 27.4 Å². The van der Waals surface area contributed by atoms with Crippen molar-refractivity contribution in [1.82, 2.24) is 4.57 Å².